The summed E-state index contributed by atoms with van der Waals surface area (Å²) in [5.41, 5.74) is 7.20. The molecule has 1 N–H and O–H groups in total. The zero-order chi connectivity index (χ0) is 21.4. The standard InChI is InChI=1S/C25H26N4O2/c1-17-13-22(21-6-4-3-5-20(21)19-15-26-28(2)16-19)23-14-18(7-8-24(23)27-17)25(30)29-9-11-31-12-10-29/h3-8,13-16,25,30H,9-12H2,1-2H3. The van der Waals surface area contributed by atoms with Crippen LogP contribution in [0, 0.1) is 6.92 Å². The van der Waals surface area contributed by atoms with Gasteiger partial charge in [0.05, 0.1) is 24.9 Å². The highest BCUT2D eigenvalue weighted by atomic mass is 16.5. The average Bonchev–Trinajstić information content (AvgIpc) is 3.24. The second-order valence-corrected chi connectivity index (χ2v) is 8.06. The number of nitrogens with zero attached hydrogens (tertiary/aromatic N) is 4. The van der Waals surface area contributed by atoms with Crippen molar-refractivity contribution in [1.82, 2.24) is 19.7 Å². The molecule has 0 aliphatic carbocycles. The number of aromatic nitrogens is 3. The molecule has 5 rings (SSSR count). The van der Waals surface area contributed by atoms with E-state index < -0.39 is 6.23 Å². The summed E-state index contributed by atoms with van der Waals surface area (Å²) in [6.45, 7) is 4.76. The third-order valence-electron chi connectivity index (χ3n) is 5.88. The van der Waals surface area contributed by atoms with Gasteiger partial charge in [-0.25, -0.2) is 0 Å². The molecule has 4 aromatic rings. The Balaban J connectivity index is 1.65. The predicted octanol–water partition coefficient (Wildman–Crippen LogP) is 3.93. The second-order valence-electron chi connectivity index (χ2n) is 8.06. The van der Waals surface area contributed by atoms with Crippen molar-refractivity contribution in [1.29, 1.82) is 0 Å². The van der Waals surface area contributed by atoms with Gasteiger partial charge in [0.1, 0.15) is 6.23 Å². The number of aryl methyl sites for hydroxylation is 2. The summed E-state index contributed by atoms with van der Waals surface area (Å²) in [4.78, 5) is 6.80. The van der Waals surface area contributed by atoms with Gasteiger partial charge >= 0.3 is 0 Å². The van der Waals surface area contributed by atoms with Crippen LogP contribution in [-0.4, -0.2) is 51.1 Å². The minimum Gasteiger partial charge on any atom is -0.379 e. The monoisotopic (exact) mass is 414 g/mol. The number of hydrogen-bond acceptors (Lipinski definition) is 5. The van der Waals surface area contributed by atoms with Crippen LogP contribution < -0.4 is 0 Å². The number of morpholine rings is 1. The summed E-state index contributed by atoms with van der Waals surface area (Å²) >= 11 is 0. The molecule has 6 heteroatoms. The molecule has 1 aliphatic heterocycles. The van der Waals surface area contributed by atoms with E-state index >= 15 is 0 Å². The van der Waals surface area contributed by atoms with Crippen molar-refractivity contribution in [3.63, 3.8) is 0 Å². The Morgan fingerprint density at radius 2 is 1.77 bits per heavy atom. The van der Waals surface area contributed by atoms with Crippen LogP contribution in [0.5, 0.6) is 0 Å². The summed E-state index contributed by atoms with van der Waals surface area (Å²) in [7, 11) is 1.93. The van der Waals surface area contributed by atoms with Crippen molar-refractivity contribution in [2.75, 3.05) is 26.3 Å². The van der Waals surface area contributed by atoms with Crippen molar-refractivity contribution in [3.05, 3.63) is 72.2 Å². The first kappa shape index (κ1) is 19.9. The molecular weight excluding hydrogens is 388 g/mol. The topological polar surface area (TPSA) is 63.4 Å². The summed E-state index contributed by atoms with van der Waals surface area (Å²) < 4.78 is 7.25. The van der Waals surface area contributed by atoms with Gasteiger partial charge in [-0.2, -0.15) is 5.10 Å². The van der Waals surface area contributed by atoms with Gasteiger partial charge in [0, 0.05) is 43.0 Å². The Labute approximate surface area is 181 Å². The third kappa shape index (κ3) is 3.85. The fraction of sp³-hybridized carbons (Fsp3) is 0.280. The number of aliphatic hydroxyl groups is 1. The lowest BCUT2D eigenvalue weighted by atomic mass is 9.92. The van der Waals surface area contributed by atoms with E-state index in [4.69, 9.17) is 9.72 Å². The normalized spacial score (nSPS) is 16.0. The molecule has 0 amide bonds. The molecule has 2 aromatic carbocycles. The number of aliphatic hydroxyl groups excluding tert-OH is 1. The largest absolute Gasteiger partial charge is 0.379 e. The lowest BCUT2D eigenvalue weighted by Crippen LogP contribution is -2.39. The van der Waals surface area contributed by atoms with E-state index in [2.05, 4.69) is 46.4 Å². The van der Waals surface area contributed by atoms with Gasteiger partial charge in [-0.3, -0.25) is 14.6 Å². The number of benzene rings is 2. The lowest BCUT2D eigenvalue weighted by molar-refractivity contribution is -0.0603. The van der Waals surface area contributed by atoms with E-state index in [0.717, 1.165) is 57.5 Å². The van der Waals surface area contributed by atoms with Crippen molar-refractivity contribution in [2.24, 2.45) is 7.05 Å². The van der Waals surface area contributed by atoms with Gasteiger partial charge in [0.2, 0.25) is 0 Å². The number of fused-ring (bicyclic) bond motifs is 1. The van der Waals surface area contributed by atoms with Crippen LogP contribution in [0.3, 0.4) is 0 Å². The van der Waals surface area contributed by atoms with Gasteiger partial charge in [-0.1, -0.05) is 30.3 Å². The Kier molecular flexibility index (Phi) is 5.28. The maximum atomic E-state index is 11.0. The molecule has 0 saturated carbocycles. The Hall–Kier alpha value is -3.06. The maximum Gasteiger partial charge on any atom is 0.133 e. The van der Waals surface area contributed by atoms with E-state index in [0.29, 0.717) is 13.2 Å². The molecule has 2 aromatic heterocycles. The first-order valence-electron chi connectivity index (χ1n) is 10.6. The van der Waals surface area contributed by atoms with Crippen molar-refractivity contribution >= 4 is 10.9 Å². The third-order valence-corrected chi connectivity index (χ3v) is 5.88. The van der Waals surface area contributed by atoms with Crippen molar-refractivity contribution in [2.45, 2.75) is 13.2 Å². The quantitative estimate of drug-likeness (QED) is 0.548. The summed E-state index contributed by atoms with van der Waals surface area (Å²) in [6, 6.07) is 16.6. The molecule has 1 fully saturated rings. The molecule has 3 heterocycles. The zero-order valence-electron chi connectivity index (χ0n) is 17.8. The van der Waals surface area contributed by atoms with Gasteiger partial charge in [0.25, 0.3) is 0 Å². The number of pyridine rings is 1. The van der Waals surface area contributed by atoms with Crippen LogP contribution in [0.2, 0.25) is 0 Å². The molecule has 158 valence electrons. The Morgan fingerprint density at radius 3 is 2.52 bits per heavy atom. The minimum atomic E-state index is -0.656. The smallest absolute Gasteiger partial charge is 0.133 e. The predicted molar refractivity (Wildman–Crippen MR) is 121 cm³/mol. The molecule has 1 unspecified atom stereocenters. The molecule has 0 spiro atoms. The van der Waals surface area contributed by atoms with Crippen LogP contribution in [0.25, 0.3) is 33.2 Å². The minimum absolute atomic E-state index is 0.648. The summed E-state index contributed by atoms with van der Waals surface area (Å²) in [5.74, 6) is 0. The van der Waals surface area contributed by atoms with Crippen LogP contribution in [-0.2, 0) is 11.8 Å². The van der Waals surface area contributed by atoms with Crippen molar-refractivity contribution in [3.8, 4) is 22.3 Å². The van der Waals surface area contributed by atoms with Crippen LogP contribution >= 0.6 is 0 Å². The zero-order valence-corrected chi connectivity index (χ0v) is 17.8. The summed E-state index contributed by atoms with van der Waals surface area (Å²) in [6.07, 6.45) is 3.27. The molecule has 1 atom stereocenters. The second kappa shape index (κ2) is 8.23. The molecule has 0 bridgehead atoms. The first-order chi connectivity index (χ1) is 15.1. The molecule has 1 aliphatic rings. The van der Waals surface area contributed by atoms with E-state index in [1.807, 2.05) is 43.2 Å². The molecule has 0 radical (unpaired) electrons. The van der Waals surface area contributed by atoms with E-state index in [1.165, 1.54) is 0 Å². The van der Waals surface area contributed by atoms with Crippen LogP contribution in [0.1, 0.15) is 17.5 Å². The summed E-state index contributed by atoms with van der Waals surface area (Å²) in [5, 5.41) is 16.4. The maximum absolute atomic E-state index is 11.0. The van der Waals surface area contributed by atoms with Gasteiger partial charge in [0.15, 0.2) is 0 Å². The SMILES string of the molecule is Cc1cc(-c2ccccc2-c2cnn(C)c2)c2cc(C(O)N3CCOCC3)ccc2n1. The van der Waals surface area contributed by atoms with Gasteiger partial charge in [-0.05, 0) is 47.4 Å². The number of rotatable bonds is 4. The first-order valence-corrected chi connectivity index (χ1v) is 10.6. The van der Waals surface area contributed by atoms with E-state index in [-0.39, 0.29) is 0 Å². The fourth-order valence-electron chi connectivity index (χ4n) is 4.32. The van der Waals surface area contributed by atoms with E-state index in [1.54, 1.807) is 0 Å². The molecule has 1 saturated heterocycles. The highest BCUT2D eigenvalue weighted by Crippen LogP contribution is 2.37. The number of ether oxygens (including phenoxy) is 1. The van der Waals surface area contributed by atoms with Gasteiger partial charge in [-0.15, -0.1) is 0 Å². The number of hydrogen-bond donors (Lipinski definition) is 1. The molecule has 6 nitrogen and oxygen atoms in total. The van der Waals surface area contributed by atoms with Crippen LogP contribution in [0.15, 0.2) is 60.9 Å². The average molecular weight is 415 g/mol. The van der Waals surface area contributed by atoms with Gasteiger partial charge < -0.3 is 9.84 Å². The van der Waals surface area contributed by atoms with E-state index in [9.17, 15) is 5.11 Å². The fourth-order valence-corrected chi connectivity index (χ4v) is 4.32. The molecule has 31 heavy (non-hydrogen) atoms. The van der Waals surface area contributed by atoms with Crippen LogP contribution in [0.4, 0.5) is 0 Å². The highest BCUT2D eigenvalue weighted by molar-refractivity contribution is 5.99. The highest BCUT2D eigenvalue weighted by Gasteiger charge is 2.21. The Bertz CT molecular complexity index is 1230. The molecular formula is C25H26N4O2. The van der Waals surface area contributed by atoms with Crippen molar-refractivity contribution < 1.29 is 9.84 Å². The Morgan fingerprint density at radius 1 is 1.00 bits per heavy atom. The lowest BCUT2D eigenvalue weighted by Gasteiger charge is -2.31.